The van der Waals surface area contributed by atoms with E-state index in [1.807, 2.05) is 36.5 Å². The van der Waals surface area contributed by atoms with Gasteiger partial charge in [0.15, 0.2) is 0 Å². The van der Waals surface area contributed by atoms with Crippen LogP contribution in [0.2, 0.25) is 0 Å². The SMILES string of the molecule is O=C(NCCc1ccc(-n2cccn2)cc1)C1CCCN1S(=O)(=O)c1ccccc1. The normalized spacial score (nSPS) is 17.1. The third-order valence-electron chi connectivity index (χ3n) is 5.27. The Bertz CT molecular complexity index is 1080. The second-order valence-electron chi connectivity index (χ2n) is 7.24. The molecule has 0 spiro atoms. The average Bonchev–Trinajstić information content (AvgIpc) is 3.47. The zero-order valence-corrected chi connectivity index (χ0v) is 17.3. The molecule has 0 saturated carbocycles. The number of nitrogens with one attached hydrogen (secondary N) is 1. The summed E-state index contributed by atoms with van der Waals surface area (Å²) in [5.74, 6) is -0.236. The van der Waals surface area contributed by atoms with Gasteiger partial charge in [-0.2, -0.15) is 9.40 Å². The molecule has 1 aromatic heterocycles. The van der Waals surface area contributed by atoms with Gasteiger partial charge in [-0.1, -0.05) is 30.3 Å². The highest BCUT2D eigenvalue weighted by atomic mass is 32.2. The number of hydrogen-bond donors (Lipinski definition) is 1. The largest absolute Gasteiger partial charge is 0.354 e. The number of sulfonamides is 1. The molecule has 3 aromatic rings. The number of rotatable bonds is 7. The van der Waals surface area contributed by atoms with Crippen molar-refractivity contribution in [2.24, 2.45) is 0 Å². The topological polar surface area (TPSA) is 84.3 Å². The summed E-state index contributed by atoms with van der Waals surface area (Å²) in [6.07, 6.45) is 5.50. The Morgan fingerprint density at radius 1 is 1.07 bits per heavy atom. The van der Waals surface area contributed by atoms with Crippen LogP contribution in [0.1, 0.15) is 18.4 Å². The van der Waals surface area contributed by atoms with E-state index < -0.39 is 16.1 Å². The fourth-order valence-electron chi connectivity index (χ4n) is 3.70. The van der Waals surface area contributed by atoms with Gasteiger partial charge in [-0.25, -0.2) is 13.1 Å². The van der Waals surface area contributed by atoms with E-state index in [0.29, 0.717) is 32.4 Å². The molecule has 0 bridgehead atoms. The number of hydrogen-bond acceptors (Lipinski definition) is 4. The number of nitrogens with zero attached hydrogens (tertiary/aromatic N) is 3. The van der Waals surface area contributed by atoms with Crippen molar-refractivity contribution < 1.29 is 13.2 Å². The van der Waals surface area contributed by atoms with Crippen LogP contribution in [0.25, 0.3) is 5.69 Å². The highest BCUT2D eigenvalue weighted by Gasteiger charge is 2.39. The first kappa shape index (κ1) is 20.3. The first-order chi connectivity index (χ1) is 14.6. The molecule has 7 nitrogen and oxygen atoms in total. The van der Waals surface area contributed by atoms with Gasteiger partial charge in [0.25, 0.3) is 0 Å². The number of carbonyl (C=O) groups excluding carboxylic acids is 1. The molecule has 0 aliphatic carbocycles. The van der Waals surface area contributed by atoms with Crippen molar-refractivity contribution in [3.05, 3.63) is 78.6 Å². The zero-order valence-electron chi connectivity index (χ0n) is 16.5. The van der Waals surface area contributed by atoms with Crippen LogP contribution >= 0.6 is 0 Å². The maximum absolute atomic E-state index is 12.9. The third-order valence-corrected chi connectivity index (χ3v) is 7.20. The molecule has 1 saturated heterocycles. The Hall–Kier alpha value is -2.97. The van der Waals surface area contributed by atoms with E-state index in [1.54, 1.807) is 41.2 Å². The van der Waals surface area contributed by atoms with Crippen molar-refractivity contribution in [2.45, 2.75) is 30.2 Å². The fourth-order valence-corrected chi connectivity index (χ4v) is 5.38. The Morgan fingerprint density at radius 3 is 2.53 bits per heavy atom. The van der Waals surface area contributed by atoms with Crippen molar-refractivity contribution >= 4 is 15.9 Å². The van der Waals surface area contributed by atoms with Crippen molar-refractivity contribution in [3.63, 3.8) is 0 Å². The molecule has 1 aliphatic heterocycles. The Morgan fingerprint density at radius 2 is 1.83 bits per heavy atom. The predicted molar refractivity (Wildman–Crippen MR) is 114 cm³/mol. The van der Waals surface area contributed by atoms with Gasteiger partial charge >= 0.3 is 0 Å². The molecule has 1 N–H and O–H groups in total. The zero-order chi connectivity index (χ0) is 21.0. The molecule has 1 fully saturated rings. The van der Waals surface area contributed by atoms with Crippen molar-refractivity contribution in [2.75, 3.05) is 13.1 Å². The van der Waals surface area contributed by atoms with E-state index in [-0.39, 0.29) is 10.8 Å². The van der Waals surface area contributed by atoms with E-state index in [0.717, 1.165) is 11.3 Å². The van der Waals surface area contributed by atoms with Crippen LogP contribution < -0.4 is 5.32 Å². The minimum absolute atomic E-state index is 0.224. The predicted octanol–water partition coefficient (Wildman–Crippen LogP) is 2.38. The highest BCUT2D eigenvalue weighted by molar-refractivity contribution is 7.89. The van der Waals surface area contributed by atoms with Gasteiger partial charge in [-0.3, -0.25) is 4.79 Å². The van der Waals surface area contributed by atoms with Crippen molar-refractivity contribution in [3.8, 4) is 5.69 Å². The van der Waals surface area contributed by atoms with E-state index in [2.05, 4.69) is 10.4 Å². The summed E-state index contributed by atoms with van der Waals surface area (Å²) in [5.41, 5.74) is 2.06. The molecule has 2 heterocycles. The smallest absolute Gasteiger partial charge is 0.243 e. The molecule has 4 rings (SSSR count). The maximum atomic E-state index is 12.9. The second-order valence-corrected chi connectivity index (χ2v) is 9.14. The molecule has 0 radical (unpaired) electrons. The minimum atomic E-state index is -3.67. The second kappa shape index (κ2) is 8.81. The van der Waals surface area contributed by atoms with Gasteiger partial charge in [0.05, 0.1) is 10.6 Å². The van der Waals surface area contributed by atoms with E-state index >= 15 is 0 Å². The molecule has 1 amide bonds. The summed E-state index contributed by atoms with van der Waals surface area (Å²) >= 11 is 0. The summed E-state index contributed by atoms with van der Waals surface area (Å²) in [4.78, 5) is 12.9. The van der Waals surface area contributed by atoms with Crippen LogP contribution in [0.3, 0.4) is 0 Å². The van der Waals surface area contributed by atoms with E-state index in [1.165, 1.54) is 4.31 Å². The standard InChI is InChI=1S/C22H24N4O3S/c27-22(21-8-4-17-26(21)30(28,29)20-6-2-1-3-7-20)23-15-13-18-9-11-19(12-10-18)25-16-5-14-24-25/h1-3,5-7,9-12,14,16,21H,4,8,13,15,17H2,(H,23,27). The van der Waals surface area contributed by atoms with Gasteiger partial charge in [-0.05, 0) is 55.2 Å². The van der Waals surface area contributed by atoms with Crippen LogP contribution in [-0.4, -0.2) is 47.5 Å². The summed E-state index contributed by atoms with van der Waals surface area (Å²) in [7, 11) is -3.67. The van der Waals surface area contributed by atoms with Crippen molar-refractivity contribution in [1.29, 1.82) is 0 Å². The maximum Gasteiger partial charge on any atom is 0.243 e. The number of carbonyl (C=O) groups is 1. The molecular formula is C22H24N4O3S. The molecule has 1 atom stereocenters. The highest BCUT2D eigenvalue weighted by Crippen LogP contribution is 2.26. The van der Waals surface area contributed by atoms with Gasteiger partial charge in [0.2, 0.25) is 15.9 Å². The number of aromatic nitrogens is 2. The van der Waals surface area contributed by atoms with Crippen LogP contribution in [0.15, 0.2) is 78.0 Å². The summed E-state index contributed by atoms with van der Waals surface area (Å²) in [5, 5.41) is 7.11. The monoisotopic (exact) mass is 424 g/mol. The molecule has 1 unspecified atom stereocenters. The average molecular weight is 425 g/mol. The minimum Gasteiger partial charge on any atom is -0.354 e. The quantitative estimate of drug-likeness (QED) is 0.631. The van der Waals surface area contributed by atoms with Gasteiger partial charge in [0, 0.05) is 25.5 Å². The number of benzene rings is 2. The Labute approximate surface area is 176 Å². The van der Waals surface area contributed by atoms with Gasteiger partial charge < -0.3 is 5.32 Å². The molecule has 1 aliphatic rings. The van der Waals surface area contributed by atoms with Crippen LogP contribution in [0.5, 0.6) is 0 Å². The molecule has 2 aromatic carbocycles. The van der Waals surface area contributed by atoms with Crippen LogP contribution in [0.4, 0.5) is 0 Å². The molecule has 8 heteroatoms. The summed E-state index contributed by atoms with van der Waals surface area (Å²) < 4.78 is 28.9. The Kier molecular flexibility index (Phi) is 5.96. The number of amides is 1. The molecule has 156 valence electrons. The fraction of sp³-hybridized carbons (Fsp3) is 0.273. The van der Waals surface area contributed by atoms with Crippen molar-refractivity contribution in [1.82, 2.24) is 19.4 Å². The Balaban J connectivity index is 1.34. The summed E-state index contributed by atoms with van der Waals surface area (Å²) in [6.45, 7) is 0.819. The van der Waals surface area contributed by atoms with E-state index in [4.69, 9.17) is 0 Å². The molecule has 30 heavy (non-hydrogen) atoms. The van der Waals surface area contributed by atoms with E-state index in [9.17, 15) is 13.2 Å². The molecular weight excluding hydrogens is 400 g/mol. The van der Waals surface area contributed by atoms with Gasteiger partial charge in [-0.15, -0.1) is 0 Å². The lowest BCUT2D eigenvalue weighted by Gasteiger charge is -2.23. The first-order valence-electron chi connectivity index (χ1n) is 9.99. The lowest BCUT2D eigenvalue weighted by atomic mass is 10.1. The lowest BCUT2D eigenvalue weighted by Crippen LogP contribution is -2.46. The summed E-state index contributed by atoms with van der Waals surface area (Å²) in [6, 6.07) is 17.5. The third kappa shape index (κ3) is 4.29. The van der Waals surface area contributed by atoms with Crippen LogP contribution in [-0.2, 0) is 21.2 Å². The first-order valence-corrected chi connectivity index (χ1v) is 11.4. The van der Waals surface area contributed by atoms with Gasteiger partial charge in [0.1, 0.15) is 6.04 Å². The van der Waals surface area contributed by atoms with Crippen LogP contribution in [0, 0.1) is 0 Å². The lowest BCUT2D eigenvalue weighted by molar-refractivity contribution is -0.124.